The Labute approximate surface area is 109 Å². The van der Waals surface area contributed by atoms with E-state index in [0.29, 0.717) is 12.5 Å². The minimum Gasteiger partial charge on any atom is -0.381 e. The van der Waals surface area contributed by atoms with Crippen LogP contribution in [0.15, 0.2) is 24.3 Å². The van der Waals surface area contributed by atoms with Gasteiger partial charge in [-0.25, -0.2) is 0 Å². The van der Waals surface area contributed by atoms with E-state index in [0.717, 1.165) is 32.5 Å². The largest absolute Gasteiger partial charge is 0.381 e. The molecule has 0 aliphatic carbocycles. The summed E-state index contributed by atoms with van der Waals surface area (Å²) in [5.41, 5.74) is 2.48. The molecular weight excluding hydrogens is 226 g/mol. The quantitative estimate of drug-likeness (QED) is 0.886. The van der Waals surface area contributed by atoms with Gasteiger partial charge in [0.15, 0.2) is 0 Å². The van der Waals surface area contributed by atoms with Crippen LogP contribution in [0.4, 0.5) is 0 Å². The lowest BCUT2D eigenvalue weighted by molar-refractivity contribution is -0.122. The van der Waals surface area contributed by atoms with Gasteiger partial charge in [-0.3, -0.25) is 4.79 Å². The predicted molar refractivity (Wildman–Crippen MR) is 71.5 cm³/mol. The van der Waals surface area contributed by atoms with Crippen LogP contribution in [0, 0.1) is 6.92 Å². The molecule has 1 aromatic rings. The number of ether oxygens (including phenoxy) is 1. The molecule has 1 fully saturated rings. The Morgan fingerprint density at radius 3 is 2.61 bits per heavy atom. The summed E-state index contributed by atoms with van der Waals surface area (Å²) in [6.45, 7) is 3.60. The fraction of sp³-hybridized carbons (Fsp3) is 0.533. The van der Waals surface area contributed by atoms with Crippen molar-refractivity contribution >= 4 is 5.91 Å². The van der Waals surface area contributed by atoms with Gasteiger partial charge >= 0.3 is 0 Å². The first-order chi connectivity index (χ1) is 8.74. The van der Waals surface area contributed by atoms with Crippen molar-refractivity contribution in [3.63, 3.8) is 0 Å². The first kappa shape index (κ1) is 13.1. The number of carbonyl (C=O) groups is 1. The predicted octanol–water partition coefficient (Wildman–Crippen LogP) is 2.22. The van der Waals surface area contributed by atoms with Gasteiger partial charge in [-0.15, -0.1) is 0 Å². The molecule has 0 radical (unpaired) electrons. The second-order valence-corrected chi connectivity index (χ2v) is 4.94. The minimum absolute atomic E-state index is 0.155. The summed E-state index contributed by atoms with van der Waals surface area (Å²) in [6, 6.07) is 8.68. The molecule has 0 aromatic heterocycles. The molecule has 1 saturated heterocycles. The van der Waals surface area contributed by atoms with E-state index in [9.17, 15) is 4.79 Å². The second-order valence-electron chi connectivity index (χ2n) is 4.94. The third kappa shape index (κ3) is 4.15. The molecular formula is C15H21NO2. The third-order valence-electron chi connectivity index (χ3n) is 3.35. The highest BCUT2D eigenvalue weighted by molar-refractivity contribution is 5.76. The molecule has 2 rings (SSSR count). The van der Waals surface area contributed by atoms with Gasteiger partial charge in [-0.05, 0) is 31.7 Å². The highest BCUT2D eigenvalue weighted by Gasteiger charge is 2.15. The highest BCUT2D eigenvalue weighted by atomic mass is 16.5. The molecule has 18 heavy (non-hydrogen) atoms. The zero-order chi connectivity index (χ0) is 12.8. The molecule has 0 saturated carbocycles. The topological polar surface area (TPSA) is 38.3 Å². The monoisotopic (exact) mass is 247 g/mol. The van der Waals surface area contributed by atoms with Crippen LogP contribution >= 0.6 is 0 Å². The fourth-order valence-corrected chi connectivity index (χ4v) is 2.15. The van der Waals surface area contributed by atoms with Crippen LogP contribution in [0.3, 0.4) is 0 Å². The lowest BCUT2D eigenvalue weighted by atomic mass is 10.1. The van der Waals surface area contributed by atoms with Crippen LogP contribution in [0.1, 0.15) is 30.4 Å². The summed E-state index contributed by atoms with van der Waals surface area (Å²) in [5, 5.41) is 3.08. The highest BCUT2D eigenvalue weighted by Crippen LogP contribution is 2.08. The molecule has 0 bridgehead atoms. The molecule has 98 valence electrons. The van der Waals surface area contributed by atoms with Crippen LogP contribution in [-0.2, 0) is 16.0 Å². The van der Waals surface area contributed by atoms with E-state index in [-0.39, 0.29) is 5.91 Å². The second kappa shape index (κ2) is 6.55. The number of hydrogen-bond acceptors (Lipinski definition) is 2. The van der Waals surface area contributed by atoms with E-state index in [4.69, 9.17) is 4.74 Å². The number of amides is 1. The number of aryl methyl sites for hydroxylation is 2. The van der Waals surface area contributed by atoms with Gasteiger partial charge in [0, 0.05) is 25.7 Å². The molecule has 1 aliphatic rings. The number of benzene rings is 1. The molecule has 3 nitrogen and oxygen atoms in total. The van der Waals surface area contributed by atoms with E-state index in [2.05, 4.69) is 36.5 Å². The van der Waals surface area contributed by atoms with Gasteiger partial charge < -0.3 is 10.1 Å². The van der Waals surface area contributed by atoms with Gasteiger partial charge in [0.05, 0.1) is 0 Å². The molecule has 1 aliphatic heterocycles. The maximum absolute atomic E-state index is 11.8. The van der Waals surface area contributed by atoms with Crippen LogP contribution in [0.5, 0.6) is 0 Å². The van der Waals surface area contributed by atoms with Crippen molar-refractivity contribution in [2.75, 3.05) is 13.2 Å². The molecule has 0 atom stereocenters. The van der Waals surface area contributed by atoms with Crippen LogP contribution < -0.4 is 5.32 Å². The Bertz CT molecular complexity index is 380. The summed E-state index contributed by atoms with van der Waals surface area (Å²) in [7, 11) is 0. The van der Waals surface area contributed by atoms with Gasteiger partial charge in [0.25, 0.3) is 0 Å². The fourth-order valence-electron chi connectivity index (χ4n) is 2.15. The first-order valence-electron chi connectivity index (χ1n) is 6.67. The number of carbonyl (C=O) groups excluding carboxylic acids is 1. The molecule has 3 heteroatoms. The van der Waals surface area contributed by atoms with Crippen molar-refractivity contribution < 1.29 is 9.53 Å². The zero-order valence-corrected chi connectivity index (χ0v) is 10.9. The average Bonchev–Trinajstić information content (AvgIpc) is 2.39. The maximum Gasteiger partial charge on any atom is 0.220 e. The van der Waals surface area contributed by atoms with Crippen molar-refractivity contribution in [1.29, 1.82) is 0 Å². The van der Waals surface area contributed by atoms with Crippen molar-refractivity contribution in [3.8, 4) is 0 Å². The first-order valence-corrected chi connectivity index (χ1v) is 6.67. The summed E-state index contributed by atoms with van der Waals surface area (Å²) in [6.07, 6.45) is 3.27. The lowest BCUT2D eigenvalue weighted by Gasteiger charge is -2.23. The average molecular weight is 247 g/mol. The SMILES string of the molecule is Cc1ccc(CCC(=O)NC2CCOCC2)cc1. The van der Waals surface area contributed by atoms with E-state index in [1.54, 1.807) is 0 Å². The number of nitrogens with one attached hydrogen (secondary N) is 1. The van der Waals surface area contributed by atoms with Crippen LogP contribution in [0.2, 0.25) is 0 Å². The Morgan fingerprint density at radius 1 is 1.28 bits per heavy atom. The van der Waals surface area contributed by atoms with E-state index >= 15 is 0 Å². The van der Waals surface area contributed by atoms with Gasteiger partial charge in [0.2, 0.25) is 5.91 Å². The van der Waals surface area contributed by atoms with Crippen molar-refractivity contribution in [1.82, 2.24) is 5.32 Å². The van der Waals surface area contributed by atoms with Crippen LogP contribution in [0.25, 0.3) is 0 Å². The summed E-state index contributed by atoms with van der Waals surface area (Å²) in [5.74, 6) is 0.155. The van der Waals surface area contributed by atoms with Gasteiger partial charge in [0.1, 0.15) is 0 Å². The van der Waals surface area contributed by atoms with Crippen molar-refractivity contribution in [3.05, 3.63) is 35.4 Å². The molecule has 1 amide bonds. The number of rotatable bonds is 4. The van der Waals surface area contributed by atoms with Gasteiger partial charge in [-0.2, -0.15) is 0 Å². The molecule has 1 N–H and O–H groups in total. The summed E-state index contributed by atoms with van der Waals surface area (Å²) < 4.78 is 5.27. The maximum atomic E-state index is 11.8. The Hall–Kier alpha value is -1.35. The lowest BCUT2D eigenvalue weighted by Crippen LogP contribution is -2.38. The Balaban J connectivity index is 1.72. The third-order valence-corrected chi connectivity index (χ3v) is 3.35. The van der Waals surface area contributed by atoms with E-state index < -0.39 is 0 Å². The standard InChI is InChI=1S/C15H21NO2/c1-12-2-4-13(5-3-12)6-7-15(17)16-14-8-10-18-11-9-14/h2-5,14H,6-11H2,1H3,(H,16,17). The van der Waals surface area contributed by atoms with Gasteiger partial charge in [-0.1, -0.05) is 29.8 Å². The van der Waals surface area contributed by atoms with E-state index in [1.807, 2.05) is 0 Å². The van der Waals surface area contributed by atoms with Crippen molar-refractivity contribution in [2.45, 2.75) is 38.6 Å². The molecule has 0 spiro atoms. The van der Waals surface area contributed by atoms with E-state index in [1.165, 1.54) is 11.1 Å². The van der Waals surface area contributed by atoms with Crippen LogP contribution in [-0.4, -0.2) is 25.2 Å². The van der Waals surface area contributed by atoms with Crippen molar-refractivity contribution in [2.24, 2.45) is 0 Å². The molecule has 1 heterocycles. The molecule has 1 aromatic carbocycles. The zero-order valence-electron chi connectivity index (χ0n) is 10.9. The smallest absolute Gasteiger partial charge is 0.220 e. The summed E-state index contributed by atoms with van der Waals surface area (Å²) in [4.78, 5) is 11.8. The summed E-state index contributed by atoms with van der Waals surface area (Å²) >= 11 is 0. The molecule has 0 unspecified atom stereocenters. The minimum atomic E-state index is 0.155. The Morgan fingerprint density at radius 2 is 1.94 bits per heavy atom. The Kier molecular flexibility index (Phi) is 4.76. The number of hydrogen-bond donors (Lipinski definition) is 1. The normalized spacial score (nSPS) is 16.5.